The quantitative estimate of drug-likeness (QED) is 0.394. The average molecular weight is 324 g/mol. The van der Waals surface area contributed by atoms with Crippen LogP contribution in [0.2, 0.25) is 0 Å². The molecule has 4 aromatic rings. The first-order chi connectivity index (χ1) is 12.2. The van der Waals surface area contributed by atoms with E-state index in [9.17, 15) is 0 Å². The first kappa shape index (κ1) is 15.5. The maximum absolute atomic E-state index is 5.82. The summed E-state index contributed by atoms with van der Waals surface area (Å²) >= 11 is 0. The van der Waals surface area contributed by atoms with E-state index in [-0.39, 0.29) is 0 Å². The van der Waals surface area contributed by atoms with Crippen LogP contribution in [-0.2, 0) is 0 Å². The van der Waals surface area contributed by atoms with E-state index in [2.05, 4.69) is 74.2 Å². The van der Waals surface area contributed by atoms with Crippen molar-refractivity contribution < 1.29 is 4.42 Å². The number of rotatable bonds is 3. The Hall–Kier alpha value is -3.06. The topological polar surface area (TPSA) is 13.1 Å². The molecular formula is C24H20O. The molecule has 1 heterocycles. The van der Waals surface area contributed by atoms with Crippen molar-refractivity contribution in [2.75, 3.05) is 0 Å². The van der Waals surface area contributed by atoms with E-state index >= 15 is 0 Å². The zero-order chi connectivity index (χ0) is 17.4. The van der Waals surface area contributed by atoms with Crippen LogP contribution in [0, 0.1) is 13.8 Å². The Bertz CT molecular complexity index is 1080. The molecule has 1 nitrogen and oxygen atoms in total. The van der Waals surface area contributed by atoms with Gasteiger partial charge in [-0.05, 0) is 54.3 Å². The van der Waals surface area contributed by atoms with E-state index in [4.69, 9.17) is 4.42 Å². The van der Waals surface area contributed by atoms with Gasteiger partial charge in [0.05, 0.1) is 0 Å². The van der Waals surface area contributed by atoms with Crippen LogP contribution in [0.3, 0.4) is 0 Å². The largest absolute Gasteiger partial charge is 0.461 e. The summed E-state index contributed by atoms with van der Waals surface area (Å²) in [6, 6.07) is 23.6. The zero-order valence-corrected chi connectivity index (χ0v) is 14.5. The molecule has 0 aliphatic heterocycles. The minimum atomic E-state index is 0.908. The van der Waals surface area contributed by atoms with Gasteiger partial charge in [0.1, 0.15) is 11.3 Å². The van der Waals surface area contributed by atoms with E-state index in [0.29, 0.717) is 0 Å². The smallest absolute Gasteiger partial charge is 0.134 e. The fourth-order valence-electron chi connectivity index (χ4n) is 3.38. The van der Waals surface area contributed by atoms with Crippen molar-refractivity contribution in [1.82, 2.24) is 0 Å². The van der Waals surface area contributed by atoms with Crippen molar-refractivity contribution in [1.29, 1.82) is 0 Å². The third-order valence-electron chi connectivity index (χ3n) is 4.66. The third-order valence-corrected chi connectivity index (χ3v) is 4.66. The van der Waals surface area contributed by atoms with Crippen LogP contribution >= 0.6 is 0 Å². The fourth-order valence-corrected chi connectivity index (χ4v) is 3.38. The second-order valence-corrected chi connectivity index (χ2v) is 6.44. The lowest BCUT2D eigenvalue weighted by Crippen LogP contribution is -1.83. The molecule has 0 aliphatic rings. The molecule has 4 rings (SSSR count). The van der Waals surface area contributed by atoms with Crippen molar-refractivity contribution in [2.24, 2.45) is 0 Å². The lowest BCUT2D eigenvalue weighted by molar-refractivity contribution is 0.577. The molecule has 0 saturated carbocycles. The van der Waals surface area contributed by atoms with E-state index in [1.54, 1.807) is 0 Å². The molecule has 0 spiro atoms. The number of hydrogen-bond donors (Lipinski definition) is 0. The minimum Gasteiger partial charge on any atom is -0.461 e. The van der Waals surface area contributed by atoms with Crippen LogP contribution in [0.15, 0.2) is 77.7 Å². The van der Waals surface area contributed by atoms with Gasteiger partial charge in [-0.2, -0.15) is 0 Å². The standard InChI is InChI=1S/C24H20O/c1-4-22-17(3)25-24-12-11-21(15-23(22)24)20-10-6-9-19(14-20)18-8-5-7-16(2)13-18/h4-15H,1H2,2-3H3. The van der Waals surface area contributed by atoms with Crippen LogP contribution in [0.1, 0.15) is 16.9 Å². The molecule has 1 heteroatoms. The summed E-state index contributed by atoms with van der Waals surface area (Å²) in [7, 11) is 0. The van der Waals surface area contributed by atoms with Gasteiger partial charge in [0.25, 0.3) is 0 Å². The third kappa shape index (κ3) is 2.78. The van der Waals surface area contributed by atoms with Crippen LogP contribution < -0.4 is 0 Å². The van der Waals surface area contributed by atoms with E-state index in [1.165, 1.54) is 27.8 Å². The molecule has 1 aromatic heterocycles. The first-order valence-electron chi connectivity index (χ1n) is 8.49. The van der Waals surface area contributed by atoms with E-state index in [0.717, 1.165) is 22.3 Å². The van der Waals surface area contributed by atoms with E-state index < -0.39 is 0 Å². The Balaban J connectivity index is 1.83. The van der Waals surface area contributed by atoms with Crippen LogP contribution in [0.25, 0.3) is 39.3 Å². The van der Waals surface area contributed by atoms with Crippen molar-refractivity contribution in [2.45, 2.75) is 13.8 Å². The van der Waals surface area contributed by atoms with Gasteiger partial charge in [0.15, 0.2) is 0 Å². The molecular weight excluding hydrogens is 304 g/mol. The van der Waals surface area contributed by atoms with Gasteiger partial charge < -0.3 is 4.42 Å². The number of benzene rings is 3. The second-order valence-electron chi connectivity index (χ2n) is 6.44. The molecule has 0 atom stereocenters. The minimum absolute atomic E-state index is 0.908. The first-order valence-corrected chi connectivity index (χ1v) is 8.49. The monoisotopic (exact) mass is 324 g/mol. The number of fused-ring (bicyclic) bond motifs is 1. The molecule has 25 heavy (non-hydrogen) atoms. The van der Waals surface area contributed by atoms with E-state index in [1.807, 2.05) is 19.1 Å². The summed E-state index contributed by atoms with van der Waals surface area (Å²) < 4.78 is 5.82. The summed E-state index contributed by atoms with van der Waals surface area (Å²) in [4.78, 5) is 0. The number of aryl methyl sites for hydroxylation is 2. The summed E-state index contributed by atoms with van der Waals surface area (Å²) in [5, 5.41) is 1.12. The van der Waals surface area contributed by atoms with Gasteiger partial charge in [-0.3, -0.25) is 0 Å². The highest BCUT2D eigenvalue weighted by atomic mass is 16.3. The van der Waals surface area contributed by atoms with Gasteiger partial charge in [0.2, 0.25) is 0 Å². The lowest BCUT2D eigenvalue weighted by atomic mass is 9.97. The maximum Gasteiger partial charge on any atom is 0.134 e. The molecule has 0 saturated heterocycles. The van der Waals surface area contributed by atoms with Gasteiger partial charge in [-0.1, -0.05) is 66.7 Å². The summed E-state index contributed by atoms with van der Waals surface area (Å²) in [6.45, 7) is 8.02. The summed E-state index contributed by atoms with van der Waals surface area (Å²) in [6.07, 6.45) is 1.87. The molecule has 122 valence electrons. The van der Waals surface area contributed by atoms with Gasteiger partial charge in [0, 0.05) is 10.9 Å². The van der Waals surface area contributed by atoms with Crippen molar-refractivity contribution >= 4 is 17.0 Å². The van der Waals surface area contributed by atoms with Gasteiger partial charge in [-0.25, -0.2) is 0 Å². The summed E-state index contributed by atoms with van der Waals surface area (Å²) in [5.41, 5.74) is 8.12. The average Bonchev–Trinajstić information content (AvgIpc) is 2.96. The lowest BCUT2D eigenvalue weighted by Gasteiger charge is -2.07. The highest BCUT2D eigenvalue weighted by Crippen LogP contribution is 2.32. The highest BCUT2D eigenvalue weighted by molar-refractivity contribution is 5.92. The molecule has 0 radical (unpaired) electrons. The molecule has 0 aliphatic carbocycles. The summed E-state index contributed by atoms with van der Waals surface area (Å²) in [5.74, 6) is 0.913. The van der Waals surface area contributed by atoms with Crippen molar-refractivity contribution in [3.63, 3.8) is 0 Å². The van der Waals surface area contributed by atoms with Crippen LogP contribution in [0.5, 0.6) is 0 Å². The highest BCUT2D eigenvalue weighted by Gasteiger charge is 2.10. The number of hydrogen-bond acceptors (Lipinski definition) is 1. The second kappa shape index (κ2) is 6.10. The SMILES string of the molecule is C=Cc1c(C)oc2ccc(-c3cccc(-c4cccc(C)c4)c3)cc12. The predicted octanol–water partition coefficient (Wildman–Crippen LogP) is 7.03. The fraction of sp³-hybridized carbons (Fsp3) is 0.0833. The molecule has 3 aromatic carbocycles. The molecule has 0 unspecified atom stereocenters. The van der Waals surface area contributed by atoms with Gasteiger partial charge >= 0.3 is 0 Å². The maximum atomic E-state index is 5.82. The zero-order valence-electron chi connectivity index (χ0n) is 14.5. The Morgan fingerprint density at radius 1 is 0.760 bits per heavy atom. The van der Waals surface area contributed by atoms with Crippen LogP contribution in [-0.4, -0.2) is 0 Å². The normalized spacial score (nSPS) is 11.0. The predicted molar refractivity (Wildman–Crippen MR) is 107 cm³/mol. The molecule has 0 bridgehead atoms. The molecule has 0 fully saturated rings. The Morgan fingerprint density at radius 2 is 1.40 bits per heavy atom. The van der Waals surface area contributed by atoms with Gasteiger partial charge in [-0.15, -0.1) is 0 Å². The Morgan fingerprint density at radius 3 is 2.08 bits per heavy atom. The molecule has 0 N–H and O–H groups in total. The van der Waals surface area contributed by atoms with Crippen molar-refractivity contribution in [3.8, 4) is 22.3 Å². The molecule has 0 amide bonds. The Kier molecular flexibility index (Phi) is 3.77. The Labute approximate surface area is 148 Å². The number of furan rings is 1. The van der Waals surface area contributed by atoms with Crippen LogP contribution in [0.4, 0.5) is 0 Å². The van der Waals surface area contributed by atoms with Crippen molar-refractivity contribution in [3.05, 3.63) is 90.2 Å².